The summed E-state index contributed by atoms with van der Waals surface area (Å²) >= 11 is 1.58. The number of aromatic nitrogens is 2. The van der Waals surface area contributed by atoms with Gasteiger partial charge in [-0.05, 0) is 42.5 Å². The fourth-order valence-corrected chi connectivity index (χ4v) is 2.93. The Hall–Kier alpha value is -2.71. The zero-order chi connectivity index (χ0) is 15.5. The van der Waals surface area contributed by atoms with Crippen LogP contribution in [0.3, 0.4) is 0 Å². The van der Waals surface area contributed by atoms with Gasteiger partial charge in [0.05, 0.1) is 0 Å². The molecule has 0 fully saturated rings. The third-order valence-electron chi connectivity index (χ3n) is 3.34. The fraction of sp³-hybridized carbons (Fsp3) is 0.118. The van der Waals surface area contributed by atoms with Crippen molar-refractivity contribution in [2.24, 2.45) is 0 Å². The van der Waals surface area contributed by atoms with Crippen LogP contribution in [0.4, 0.5) is 0 Å². The number of hydrogen-bond acceptors (Lipinski definition) is 5. The van der Waals surface area contributed by atoms with Crippen LogP contribution in [-0.2, 0) is 0 Å². The van der Waals surface area contributed by atoms with Crippen molar-refractivity contribution >= 4 is 23.0 Å². The molecule has 0 radical (unpaired) electrons. The van der Waals surface area contributed by atoms with Gasteiger partial charge in [-0.1, -0.05) is 29.4 Å². The van der Waals surface area contributed by atoms with Crippen LogP contribution in [0, 0.1) is 25.2 Å². The molecule has 0 unspecified atom stereocenters. The SMILES string of the molecule is Cc1ccccc1-c1noc(C(C#N)=Cc2sccc2C)n1. The van der Waals surface area contributed by atoms with Gasteiger partial charge >= 0.3 is 0 Å². The summed E-state index contributed by atoms with van der Waals surface area (Å²) in [5.41, 5.74) is 3.46. The standard InChI is InChI=1S/C17H13N3OS/c1-11-5-3-4-6-14(11)16-19-17(21-20-16)13(10-18)9-15-12(2)7-8-22-15/h3-9H,1-2H3. The fourth-order valence-electron chi connectivity index (χ4n) is 2.07. The number of aryl methyl sites for hydroxylation is 2. The van der Waals surface area contributed by atoms with E-state index >= 15 is 0 Å². The molecule has 0 amide bonds. The molecule has 5 heteroatoms. The van der Waals surface area contributed by atoms with E-state index in [1.807, 2.05) is 49.6 Å². The first kappa shape index (κ1) is 14.2. The van der Waals surface area contributed by atoms with Gasteiger partial charge in [-0.3, -0.25) is 0 Å². The Morgan fingerprint density at radius 1 is 1.23 bits per heavy atom. The molecular formula is C17H13N3OS. The van der Waals surface area contributed by atoms with E-state index < -0.39 is 0 Å². The lowest BCUT2D eigenvalue weighted by Gasteiger charge is -1.97. The van der Waals surface area contributed by atoms with Gasteiger partial charge in [-0.25, -0.2) is 0 Å². The van der Waals surface area contributed by atoms with Crippen molar-refractivity contribution < 1.29 is 4.52 Å². The van der Waals surface area contributed by atoms with E-state index in [2.05, 4.69) is 16.2 Å². The lowest BCUT2D eigenvalue weighted by Crippen LogP contribution is -1.86. The lowest BCUT2D eigenvalue weighted by atomic mass is 10.1. The molecule has 2 aromatic heterocycles. The van der Waals surface area contributed by atoms with Crippen LogP contribution in [0.25, 0.3) is 23.0 Å². The predicted molar refractivity (Wildman–Crippen MR) is 87.0 cm³/mol. The number of rotatable bonds is 3. The van der Waals surface area contributed by atoms with Crippen LogP contribution in [0.1, 0.15) is 21.9 Å². The molecule has 0 aliphatic carbocycles. The highest BCUT2D eigenvalue weighted by molar-refractivity contribution is 7.11. The number of hydrogen-bond donors (Lipinski definition) is 0. The van der Waals surface area contributed by atoms with Crippen LogP contribution in [0.15, 0.2) is 40.2 Å². The summed E-state index contributed by atoms with van der Waals surface area (Å²) in [6.45, 7) is 3.99. The molecule has 0 aliphatic heterocycles. The molecule has 0 aliphatic rings. The minimum Gasteiger partial charge on any atom is -0.333 e. The Bertz CT molecular complexity index is 883. The summed E-state index contributed by atoms with van der Waals surface area (Å²) in [7, 11) is 0. The molecule has 0 spiro atoms. The molecule has 0 bridgehead atoms. The Balaban J connectivity index is 2.00. The monoisotopic (exact) mass is 307 g/mol. The second kappa shape index (κ2) is 5.96. The molecule has 1 aromatic carbocycles. The van der Waals surface area contributed by atoms with Crippen molar-refractivity contribution in [2.45, 2.75) is 13.8 Å². The van der Waals surface area contributed by atoms with Gasteiger partial charge in [0.2, 0.25) is 5.82 Å². The molecule has 0 saturated carbocycles. The van der Waals surface area contributed by atoms with Gasteiger partial charge in [0.25, 0.3) is 5.89 Å². The largest absolute Gasteiger partial charge is 0.333 e. The highest BCUT2D eigenvalue weighted by Crippen LogP contribution is 2.25. The Morgan fingerprint density at radius 3 is 2.73 bits per heavy atom. The zero-order valence-corrected chi connectivity index (χ0v) is 13.0. The van der Waals surface area contributed by atoms with Gasteiger partial charge < -0.3 is 4.52 Å². The van der Waals surface area contributed by atoms with Crippen LogP contribution in [-0.4, -0.2) is 10.1 Å². The van der Waals surface area contributed by atoms with Crippen molar-refractivity contribution in [1.29, 1.82) is 5.26 Å². The number of benzene rings is 1. The van der Waals surface area contributed by atoms with Crippen molar-refractivity contribution in [1.82, 2.24) is 10.1 Å². The molecule has 22 heavy (non-hydrogen) atoms. The first-order valence-electron chi connectivity index (χ1n) is 6.75. The number of thiophene rings is 1. The molecule has 4 nitrogen and oxygen atoms in total. The van der Waals surface area contributed by atoms with Crippen molar-refractivity contribution in [3.8, 4) is 17.5 Å². The summed E-state index contributed by atoms with van der Waals surface area (Å²) in [4.78, 5) is 5.38. The lowest BCUT2D eigenvalue weighted by molar-refractivity contribution is 0.409. The van der Waals surface area contributed by atoms with Gasteiger partial charge in [0.15, 0.2) is 0 Å². The molecule has 0 atom stereocenters. The Kier molecular flexibility index (Phi) is 3.86. The average molecular weight is 307 g/mol. The van der Waals surface area contributed by atoms with Crippen LogP contribution in [0.2, 0.25) is 0 Å². The highest BCUT2D eigenvalue weighted by Gasteiger charge is 2.14. The molecule has 0 saturated heterocycles. The second-order valence-electron chi connectivity index (χ2n) is 4.88. The van der Waals surface area contributed by atoms with Gasteiger partial charge in [-0.15, -0.1) is 11.3 Å². The third-order valence-corrected chi connectivity index (χ3v) is 4.31. The van der Waals surface area contributed by atoms with E-state index in [4.69, 9.17) is 4.52 Å². The zero-order valence-electron chi connectivity index (χ0n) is 12.2. The second-order valence-corrected chi connectivity index (χ2v) is 5.82. The molecule has 3 aromatic rings. The van der Waals surface area contributed by atoms with Crippen LogP contribution >= 0.6 is 11.3 Å². The smallest absolute Gasteiger partial charge is 0.268 e. The Labute approximate surface area is 132 Å². The van der Waals surface area contributed by atoms with Gasteiger partial charge in [0, 0.05) is 10.4 Å². The van der Waals surface area contributed by atoms with E-state index in [1.54, 1.807) is 17.4 Å². The Morgan fingerprint density at radius 2 is 2.05 bits per heavy atom. The maximum atomic E-state index is 9.36. The van der Waals surface area contributed by atoms with Crippen molar-refractivity contribution in [3.63, 3.8) is 0 Å². The first-order chi connectivity index (χ1) is 10.7. The number of nitriles is 1. The van der Waals surface area contributed by atoms with E-state index in [1.165, 1.54) is 0 Å². The molecule has 2 heterocycles. The summed E-state index contributed by atoms with van der Waals surface area (Å²) in [6, 6.07) is 12.0. The number of allylic oxidation sites excluding steroid dienone is 1. The first-order valence-corrected chi connectivity index (χ1v) is 7.63. The summed E-state index contributed by atoms with van der Waals surface area (Å²) in [5, 5.41) is 15.3. The predicted octanol–water partition coefficient (Wildman–Crippen LogP) is 4.48. The molecule has 108 valence electrons. The van der Waals surface area contributed by atoms with E-state index in [-0.39, 0.29) is 5.89 Å². The summed E-state index contributed by atoms with van der Waals surface area (Å²) < 4.78 is 5.27. The number of nitrogens with zero attached hydrogens (tertiary/aromatic N) is 3. The summed E-state index contributed by atoms with van der Waals surface area (Å²) in [6.07, 6.45) is 1.79. The van der Waals surface area contributed by atoms with E-state index in [0.29, 0.717) is 11.4 Å². The van der Waals surface area contributed by atoms with E-state index in [0.717, 1.165) is 21.6 Å². The molecule has 0 N–H and O–H groups in total. The minimum atomic E-state index is 0.244. The molecule has 3 rings (SSSR count). The maximum Gasteiger partial charge on any atom is 0.268 e. The summed E-state index contributed by atoms with van der Waals surface area (Å²) in [5.74, 6) is 0.741. The van der Waals surface area contributed by atoms with Crippen LogP contribution in [0.5, 0.6) is 0 Å². The minimum absolute atomic E-state index is 0.244. The normalized spacial score (nSPS) is 11.4. The van der Waals surface area contributed by atoms with Crippen LogP contribution < -0.4 is 0 Å². The molecular weight excluding hydrogens is 294 g/mol. The third kappa shape index (κ3) is 2.69. The van der Waals surface area contributed by atoms with Crippen molar-refractivity contribution in [3.05, 3.63) is 57.6 Å². The average Bonchev–Trinajstić information content (AvgIpc) is 3.15. The topological polar surface area (TPSA) is 62.7 Å². The van der Waals surface area contributed by atoms with Crippen molar-refractivity contribution in [2.75, 3.05) is 0 Å². The quantitative estimate of drug-likeness (QED) is 0.669. The van der Waals surface area contributed by atoms with Gasteiger partial charge in [-0.2, -0.15) is 10.2 Å². The van der Waals surface area contributed by atoms with Gasteiger partial charge in [0.1, 0.15) is 11.6 Å². The van der Waals surface area contributed by atoms with E-state index in [9.17, 15) is 5.26 Å². The highest BCUT2D eigenvalue weighted by atomic mass is 32.1. The maximum absolute atomic E-state index is 9.36.